The summed E-state index contributed by atoms with van der Waals surface area (Å²) in [6.45, 7) is 22.9. The Labute approximate surface area is 448 Å². The smallest absolute Gasteiger partial charge is 0.252 e. The molecule has 8 aromatic rings. The maximum atomic E-state index is 2.97. The van der Waals surface area contributed by atoms with Crippen LogP contribution in [0.4, 0.5) is 39.8 Å². The first-order valence-electron chi connectivity index (χ1n) is 28.4. The normalized spacial score (nSPS) is 24.0. The summed E-state index contributed by atoms with van der Waals surface area (Å²) in [5.74, 6) is 0. The lowest BCUT2D eigenvalue weighted by atomic mass is 9.33. The molecule has 3 nitrogen and oxygen atoms in total. The highest BCUT2D eigenvalue weighted by Crippen LogP contribution is 2.66. The van der Waals surface area contributed by atoms with Crippen LogP contribution in [0.5, 0.6) is 0 Å². The molecule has 5 heteroatoms. The monoisotopic (exact) mass is 994 g/mol. The van der Waals surface area contributed by atoms with E-state index in [4.69, 9.17) is 0 Å². The van der Waals surface area contributed by atoms with Crippen LogP contribution < -0.4 is 36.3 Å². The first-order valence-corrected chi connectivity index (χ1v) is 31.9. The van der Waals surface area contributed by atoms with E-state index in [0.717, 1.165) is 12.8 Å². The molecule has 374 valence electrons. The second-order valence-electron chi connectivity index (χ2n) is 26.2. The number of anilines is 7. The highest BCUT2D eigenvalue weighted by Gasteiger charge is 2.64. The minimum absolute atomic E-state index is 0.00745. The zero-order valence-corrected chi connectivity index (χ0v) is 46.8. The molecular weight excluding hydrogens is 922 g/mol. The standard InChI is InChI=1S/C70H72BN3Si/c1-66(2,3)52-33-35-60-56(42-52)70(51-29-17-12-18-30-51)39-22-21-38-69(70,6)73(60)54-43-62-64-63(44-54)74-65-57(67(4)36-19-20-37-68(67,74)5)45-55(75(7,8)9)46-59(65)71(64)58-34-32-50(48-26-15-11-16-27-48)41-61(58)72(62)53-31-23-28-49(40-53)47-24-13-10-14-25-47/h10-18,23-35,40-46H,19-22,36-39H2,1-9H3. The Bertz CT molecular complexity index is 3610. The van der Waals surface area contributed by atoms with Crippen molar-refractivity contribution in [2.45, 2.75) is 140 Å². The fourth-order valence-electron chi connectivity index (χ4n) is 16.1. The fraction of sp³-hybridized carbons (Fsp3) is 0.314. The molecule has 0 spiro atoms. The second kappa shape index (κ2) is 16.2. The molecule has 4 aliphatic heterocycles. The third-order valence-electron chi connectivity index (χ3n) is 20.2. The molecule has 4 atom stereocenters. The molecule has 2 saturated carbocycles. The van der Waals surface area contributed by atoms with Crippen molar-refractivity contribution >= 4 is 76.2 Å². The highest BCUT2D eigenvalue weighted by molar-refractivity contribution is 7.01. The third kappa shape index (κ3) is 6.46. The van der Waals surface area contributed by atoms with Gasteiger partial charge in [-0.3, -0.25) is 0 Å². The van der Waals surface area contributed by atoms with Crippen LogP contribution in [0.1, 0.15) is 115 Å². The molecule has 14 rings (SSSR count). The minimum atomic E-state index is -1.79. The second-order valence-corrected chi connectivity index (χ2v) is 31.2. The average Bonchev–Trinajstić information content (AvgIpc) is 4.04. The van der Waals surface area contributed by atoms with Crippen molar-refractivity contribution in [2.75, 3.05) is 14.7 Å². The molecule has 8 aromatic carbocycles. The Morgan fingerprint density at radius 2 is 1.09 bits per heavy atom. The first-order chi connectivity index (χ1) is 36.0. The zero-order valence-electron chi connectivity index (χ0n) is 45.8. The largest absolute Gasteiger partial charge is 0.335 e. The average molecular weight is 994 g/mol. The number of rotatable bonds is 6. The molecule has 0 amide bonds. The molecule has 75 heavy (non-hydrogen) atoms. The van der Waals surface area contributed by atoms with E-state index in [1.165, 1.54) is 134 Å². The molecule has 0 radical (unpaired) electrons. The van der Waals surface area contributed by atoms with Gasteiger partial charge in [-0.2, -0.15) is 0 Å². The Balaban J connectivity index is 1.12. The highest BCUT2D eigenvalue weighted by atomic mass is 28.3. The van der Waals surface area contributed by atoms with E-state index in [-0.39, 0.29) is 34.0 Å². The van der Waals surface area contributed by atoms with Crippen molar-refractivity contribution in [3.8, 4) is 22.3 Å². The number of hydrogen-bond acceptors (Lipinski definition) is 3. The van der Waals surface area contributed by atoms with Crippen LogP contribution in [0.25, 0.3) is 22.3 Å². The number of benzene rings is 8. The van der Waals surface area contributed by atoms with Crippen molar-refractivity contribution in [3.05, 3.63) is 198 Å². The molecule has 0 aromatic heterocycles. The van der Waals surface area contributed by atoms with E-state index < -0.39 is 8.07 Å². The third-order valence-corrected chi connectivity index (χ3v) is 22.2. The van der Waals surface area contributed by atoms with Crippen molar-refractivity contribution in [1.29, 1.82) is 0 Å². The van der Waals surface area contributed by atoms with Gasteiger partial charge in [-0.05, 0) is 142 Å². The summed E-state index contributed by atoms with van der Waals surface area (Å²) >= 11 is 0. The Kier molecular flexibility index (Phi) is 10.2. The van der Waals surface area contributed by atoms with Gasteiger partial charge < -0.3 is 14.7 Å². The summed E-state index contributed by atoms with van der Waals surface area (Å²) in [6, 6.07) is 69.1. The number of fused-ring (bicyclic) bond motifs is 10. The van der Waals surface area contributed by atoms with Gasteiger partial charge in [-0.25, -0.2) is 0 Å². The van der Waals surface area contributed by atoms with E-state index in [9.17, 15) is 0 Å². The summed E-state index contributed by atoms with van der Waals surface area (Å²) in [5, 5.41) is 1.58. The number of hydrogen-bond donors (Lipinski definition) is 0. The van der Waals surface area contributed by atoms with Gasteiger partial charge in [0.2, 0.25) is 0 Å². The van der Waals surface area contributed by atoms with Gasteiger partial charge in [-0.15, -0.1) is 0 Å². The maximum absolute atomic E-state index is 2.97. The van der Waals surface area contributed by atoms with Gasteiger partial charge in [0.15, 0.2) is 0 Å². The van der Waals surface area contributed by atoms with E-state index in [0.29, 0.717) is 0 Å². The molecular formula is C70H72BN3Si. The summed E-state index contributed by atoms with van der Waals surface area (Å²) < 4.78 is 0. The van der Waals surface area contributed by atoms with Gasteiger partial charge in [0.25, 0.3) is 6.71 Å². The van der Waals surface area contributed by atoms with Crippen LogP contribution in [0, 0.1) is 0 Å². The van der Waals surface area contributed by atoms with E-state index >= 15 is 0 Å². The first kappa shape index (κ1) is 46.9. The van der Waals surface area contributed by atoms with E-state index in [1.54, 1.807) is 10.8 Å². The molecule has 0 N–H and O–H groups in total. The van der Waals surface area contributed by atoms with Crippen LogP contribution in [-0.2, 0) is 16.2 Å². The zero-order chi connectivity index (χ0) is 51.4. The van der Waals surface area contributed by atoms with Gasteiger partial charge >= 0.3 is 0 Å². The Morgan fingerprint density at radius 1 is 0.467 bits per heavy atom. The lowest BCUT2D eigenvalue weighted by molar-refractivity contribution is 0.195. The number of nitrogens with zero attached hydrogens (tertiary/aromatic N) is 3. The summed E-state index contributed by atoms with van der Waals surface area (Å²) in [7, 11) is -1.79. The fourth-order valence-corrected chi connectivity index (χ4v) is 17.2. The summed E-state index contributed by atoms with van der Waals surface area (Å²) in [6.07, 6.45) is 9.53. The SMILES string of the molecule is CC(C)(C)c1ccc2c(c1)C1(c3ccccc3)CCCCC1(C)N2c1cc2c3c(c1)N1c4c(cc([Si](C)(C)C)cc4C4(C)CCCCC14C)B3c1ccc(-c3ccccc3)cc1N2c1cccc(-c2ccccc2)c1. The molecule has 6 aliphatic rings. The minimum Gasteiger partial charge on any atom is -0.335 e. The summed E-state index contributed by atoms with van der Waals surface area (Å²) in [5.41, 5.74) is 24.1. The molecule has 0 saturated heterocycles. The predicted octanol–water partition coefficient (Wildman–Crippen LogP) is 16.0. The lowest BCUT2D eigenvalue weighted by Gasteiger charge is -2.54. The molecule has 4 unspecified atom stereocenters. The topological polar surface area (TPSA) is 9.72 Å². The van der Waals surface area contributed by atoms with Crippen LogP contribution in [-0.4, -0.2) is 25.9 Å². The van der Waals surface area contributed by atoms with Gasteiger partial charge in [0, 0.05) is 50.6 Å². The molecule has 2 fully saturated rings. The molecule has 2 aliphatic carbocycles. The Morgan fingerprint density at radius 3 is 1.79 bits per heavy atom. The maximum Gasteiger partial charge on any atom is 0.252 e. The summed E-state index contributed by atoms with van der Waals surface area (Å²) in [4.78, 5) is 8.57. The van der Waals surface area contributed by atoms with Crippen molar-refractivity contribution in [1.82, 2.24) is 0 Å². The van der Waals surface area contributed by atoms with Crippen molar-refractivity contribution < 1.29 is 0 Å². The Hall–Kier alpha value is -6.56. The van der Waals surface area contributed by atoms with Gasteiger partial charge in [0.1, 0.15) is 0 Å². The lowest BCUT2D eigenvalue weighted by Crippen LogP contribution is -2.65. The van der Waals surface area contributed by atoms with E-state index in [1.807, 2.05) is 0 Å². The van der Waals surface area contributed by atoms with Crippen LogP contribution in [0.3, 0.4) is 0 Å². The van der Waals surface area contributed by atoms with Crippen LogP contribution in [0.15, 0.2) is 176 Å². The van der Waals surface area contributed by atoms with Crippen LogP contribution in [0.2, 0.25) is 19.6 Å². The van der Waals surface area contributed by atoms with Crippen LogP contribution >= 0.6 is 0 Å². The van der Waals surface area contributed by atoms with E-state index in [2.05, 4.69) is 252 Å². The quantitative estimate of drug-likeness (QED) is 0.154. The van der Waals surface area contributed by atoms with Gasteiger partial charge in [0.05, 0.1) is 19.2 Å². The molecule has 4 heterocycles. The van der Waals surface area contributed by atoms with Gasteiger partial charge in [-0.1, -0.05) is 218 Å². The van der Waals surface area contributed by atoms with Crippen molar-refractivity contribution in [3.63, 3.8) is 0 Å². The molecule has 0 bridgehead atoms. The van der Waals surface area contributed by atoms with Crippen molar-refractivity contribution in [2.24, 2.45) is 0 Å². The predicted molar refractivity (Wildman–Crippen MR) is 324 cm³/mol.